The molecule has 74 heavy (non-hydrogen) atoms. The van der Waals surface area contributed by atoms with Crippen molar-refractivity contribution in [2.45, 2.75) is 122 Å². The molecule has 10 N–H and O–H groups in total. The van der Waals surface area contributed by atoms with Gasteiger partial charge in [0.25, 0.3) is 0 Å². The molecule has 2 rings (SSSR count). The maximum absolute atomic E-state index is 13.6. The minimum atomic E-state index is -1.20. The average Bonchev–Trinajstić information content (AvgIpc) is 3.33. The number of carboxylic acid groups (broad SMARTS) is 5. The fourth-order valence-corrected chi connectivity index (χ4v) is 7.90. The number of hydrogen-bond donors (Lipinski definition) is 10. The maximum atomic E-state index is 13.6. The molecule has 1 heterocycles. The quantitative estimate of drug-likeness (QED) is 0.0329. The lowest BCUT2D eigenvalue weighted by Gasteiger charge is -2.33. The van der Waals surface area contributed by atoms with Gasteiger partial charge in [-0.15, -0.1) is 0 Å². The van der Waals surface area contributed by atoms with Crippen molar-refractivity contribution in [3.8, 4) is 0 Å². The highest BCUT2D eigenvalue weighted by atomic mass is 16.5. The lowest BCUT2D eigenvalue weighted by molar-refractivity contribution is -0.149. The summed E-state index contributed by atoms with van der Waals surface area (Å²) >= 11 is 0. The summed E-state index contributed by atoms with van der Waals surface area (Å²) in [5, 5.41) is 60.2. The third-order valence-corrected chi connectivity index (χ3v) is 12.0. The molecule has 1 aliphatic heterocycles. The number of amides is 5. The van der Waals surface area contributed by atoms with Gasteiger partial charge in [-0.05, 0) is 70.3 Å². The Morgan fingerprint density at radius 3 is 1.36 bits per heavy atom. The third-order valence-electron chi connectivity index (χ3n) is 12.0. The zero-order valence-corrected chi connectivity index (χ0v) is 42.6. The molecule has 0 bridgehead atoms. The first-order chi connectivity index (χ1) is 35.3. The van der Waals surface area contributed by atoms with E-state index in [0.29, 0.717) is 58.0 Å². The molecule has 3 unspecified atom stereocenters. The summed E-state index contributed by atoms with van der Waals surface area (Å²) in [6.45, 7) is 2.89. The van der Waals surface area contributed by atoms with Gasteiger partial charge in [0.05, 0.1) is 26.2 Å². The normalized spacial score (nSPS) is 15.4. The van der Waals surface area contributed by atoms with E-state index in [1.807, 2.05) is 6.07 Å². The van der Waals surface area contributed by atoms with Crippen LogP contribution < -0.4 is 26.6 Å². The van der Waals surface area contributed by atoms with Crippen LogP contribution in [0.2, 0.25) is 0 Å². The number of carbonyl (C=O) groups is 10. The number of urea groups is 1. The van der Waals surface area contributed by atoms with Crippen LogP contribution in [0.1, 0.15) is 102 Å². The summed E-state index contributed by atoms with van der Waals surface area (Å²) in [5.74, 6) is -6.86. The minimum Gasteiger partial charge on any atom is -0.481 e. The molecule has 0 saturated carbocycles. The lowest BCUT2D eigenvalue weighted by Crippen LogP contribution is -2.51. The fraction of sp³-hybridized carbons (Fsp3) is 0.673. The van der Waals surface area contributed by atoms with E-state index in [1.165, 1.54) is 0 Å². The molecule has 1 aliphatic rings. The van der Waals surface area contributed by atoms with Crippen LogP contribution in [0.3, 0.4) is 0 Å². The summed E-state index contributed by atoms with van der Waals surface area (Å²) in [4.78, 5) is 128. The molecule has 1 aromatic rings. The van der Waals surface area contributed by atoms with Gasteiger partial charge in [0.15, 0.2) is 0 Å². The molecular formula is C49H79N9O16. The number of nitrogens with zero attached hydrogens (tertiary/aromatic N) is 4. The number of nitrogens with one attached hydrogen (secondary N) is 5. The Morgan fingerprint density at radius 1 is 0.486 bits per heavy atom. The monoisotopic (exact) mass is 1050 g/mol. The summed E-state index contributed by atoms with van der Waals surface area (Å²) in [6.07, 6.45) is 5.57. The van der Waals surface area contributed by atoms with Gasteiger partial charge in [-0.25, -0.2) is 14.4 Å². The first-order valence-electron chi connectivity index (χ1n) is 25.4. The molecule has 25 heteroatoms. The highest BCUT2D eigenvalue weighted by Crippen LogP contribution is 2.10. The van der Waals surface area contributed by atoms with Gasteiger partial charge in [-0.3, -0.25) is 53.2 Å². The van der Waals surface area contributed by atoms with Crippen LogP contribution in [0.15, 0.2) is 30.3 Å². The zero-order valence-electron chi connectivity index (χ0n) is 42.6. The number of hydrogen-bond acceptors (Lipinski definition) is 15. The smallest absolute Gasteiger partial charge is 0.328 e. The van der Waals surface area contributed by atoms with Crippen LogP contribution in [0.5, 0.6) is 0 Å². The Morgan fingerprint density at radius 2 is 0.932 bits per heavy atom. The predicted molar refractivity (Wildman–Crippen MR) is 268 cm³/mol. The highest BCUT2D eigenvalue weighted by molar-refractivity contribution is 5.85. The van der Waals surface area contributed by atoms with Crippen molar-refractivity contribution in [3.63, 3.8) is 0 Å². The predicted octanol–water partition coefficient (Wildman–Crippen LogP) is 0.609. The molecular weight excluding hydrogens is 971 g/mol. The van der Waals surface area contributed by atoms with E-state index in [2.05, 4.69) is 26.6 Å². The Bertz CT molecular complexity index is 1900. The van der Waals surface area contributed by atoms with E-state index in [9.17, 15) is 68.4 Å². The maximum Gasteiger partial charge on any atom is 0.328 e. The molecule has 5 amide bonds. The van der Waals surface area contributed by atoms with E-state index in [0.717, 1.165) is 18.4 Å². The minimum absolute atomic E-state index is 0.0206. The summed E-state index contributed by atoms with van der Waals surface area (Å²) in [7, 11) is 0. The lowest BCUT2D eigenvalue weighted by atomic mass is 10.1. The second-order valence-electron chi connectivity index (χ2n) is 18.4. The number of carboxylic acids is 5. The van der Waals surface area contributed by atoms with Crippen molar-refractivity contribution in [1.29, 1.82) is 0 Å². The molecule has 1 saturated heterocycles. The number of carbonyl (C=O) groups excluding carboxylic acids is 5. The van der Waals surface area contributed by atoms with Gasteiger partial charge in [0.2, 0.25) is 17.7 Å². The summed E-state index contributed by atoms with van der Waals surface area (Å²) < 4.78 is 5.59. The largest absolute Gasteiger partial charge is 0.481 e. The SMILES string of the molecule is CC(CCC(=O)O)NC(=O)NC(CCCCNC(=O)CCCCCCC(=O)NCCCCC(NC(=O)CN1CCN(CC(=O)O)CCN(CC(=O)O)CCN(CC(=O)O)CC1)C(=O)OCc1ccccc1)C(=O)O. The first-order valence-corrected chi connectivity index (χ1v) is 25.4. The molecule has 3 atom stereocenters. The van der Waals surface area contributed by atoms with Gasteiger partial charge in [-0.1, -0.05) is 43.2 Å². The second-order valence-corrected chi connectivity index (χ2v) is 18.4. The van der Waals surface area contributed by atoms with E-state index in [-0.39, 0.29) is 129 Å². The first kappa shape index (κ1) is 63.7. The molecule has 416 valence electrons. The molecule has 0 aliphatic carbocycles. The van der Waals surface area contributed by atoms with Gasteiger partial charge in [0.1, 0.15) is 18.7 Å². The number of unbranched alkanes of at least 4 members (excludes halogenated alkanes) is 5. The molecule has 25 nitrogen and oxygen atoms in total. The van der Waals surface area contributed by atoms with Crippen molar-refractivity contribution in [2.75, 3.05) is 91.6 Å². The second kappa shape index (κ2) is 37.3. The van der Waals surface area contributed by atoms with Crippen LogP contribution in [0, 0.1) is 0 Å². The van der Waals surface area contributed by atoms with Crippen molar-refractivity contribution >= 4 is 59.6 Å². The fourth-order valence-electron chi connectivity index (χ4n) is 7.90. The molecule has 0 radical (unpaired) electrons. The van der Waals surface area contributed by atoms with Crippen LogP contribution >= 0.6 is 0 Å². The van der Waals surface area contributed by atoms with Crippen molar-refractivity contribution in [1.82, 2.24) is 46.2 Å². The highest BCUT2D eigenvalue weighted by Gasteiger charge is 2.26. The molecule has 1 fully saturated rings. The standard InChI is InChI=1S/C49H79N9O16/c1-36(19-20-43(62)63)52-49(73)54-38(47(70)71)15-9-11-21-50-40(59)17-7-2-3-8-18-41(60)51-22-12-10-16-39(48(72)74-35-37-13-5-4-6-14-37)53-42(61)31-55-23-25-56(32-44(64)65)27-29-58(34-46(68)69)30-28-57(26-24-55)33-45(66)67/h4-6,13-14,36,38-39H,2-3,7-12,15-35H2,1H3,(H,50,59)(H,51,60)(H,53,61)(H,62,63)(H,64,65)(H,66,67)(H,68,69)(H,70,71)(H2,52,54,73). The molecule has 1 aromatic carbocycles. The summed E-state index contributed by atoms with van der Waals surface area (Å²) in [5.41, 5.74) is 0.750. The van der Waals surface area contributed by atoms with E-state index in [1.54, 1.807) is 50.8 Å². The van der Waals surface area contributed by atoms with Gasteiger partial charge < -0.3 is 56.9 Å². The molecule has 0 spiro atoms. The van der Waals surface area contributed by atoms with Crippen molar-refractivity contribution in [2.24, 2.45) is 0 Å². The van der Waals surface area contributed by atoms with Crippen LogP contribution in [-0.2, 0) is 54.5 Å². The van der Waals surface area contributed by atoms with E-state index in [4.69, 9.17) is 9.84 Å². The number of benzene rings is 1. The van der Waals surface area contributed by atoms with Gasteiger partial charge in [-0.2, -0.15) is 0 Å². The van der Waals surface area contributed by atoms with Gasteiger partial charge >= 0.3 is 41.8 Å². The number of rotatable bonds is 35. The van der Waals surface area contributed by atoms with E-state index >= 15 is 0 Å². The Balaban J connectivity index is 1.80. The Labute approximate surface area is 432 Å². The Kier molecular flexibility index (Phi) is 32.1. The van der Waals surface area contributed by atoms with Crippen LogP contribution in [0.4, 0.5) is 4.79 Å². The van der Waals surface area contributed by atoms with Gasteiger partial charge in [0, 0.05) is 90.8 Å². The van der Waals surface area contributed by atoms with E-state index < -0.39 is 65.9 Å². The Hall–Kier alpha value is -6.44. The number of aliphatic carboxylic acids is 5. The number of ether oxygens (including phenoxy) is 1. The van der Waals surface area contributed by atoms with Crippen LogP contribution in [-0.4, -0.2) is 214 Å². The average molecular weight is 1050 g/mol. The molecule has 0 aromatic heterocycles. The van der Waals surface area contributed by atoms with Crippen LogP contribution in [0.25, 0.3) is 0 Å². The number of esters is 1. The zero-order chi connectivity index (χ0) is 54.7. The topological polar surface area (TPSA) is 354 Å². The summed E-state index contributed by atoms with van der Waals surface area (Å²) in [6, 6.07) is 5.70. The van der Waals surface area contributed by atoms with Crippen molar-refractivity contribution < 1.29 is 78.2 Å². The third kappa shape index (κ3) is 31.9. The van der Waals surface area contributed by atoms with Crippen molar-refractivity contribution in [3.05, 3.63) is 35.9 Å².